The Morgan fingerprint density at radius 1 is 1.05 bits per heavy atom. The summed E-state index contributed by atoms with van der Waals surface area (Å²) in [5, 5.41) is 8.86. The lowest BCUT2D eigenvalue weighted by molar-refractivity contribution is 0.222. The predicted molar refractivity (Wildman–Crippen MR) is 160 cm³/mol. The SMILES string of the molecule is CCN1CCC(c2c(C)cc(Nc3ncc(Cl)c(Nc4ccccc4P(C)C)n3)c3c2CC(C)C3)CC1. The third-order valence-corrected chi connectivity index (χ3v) is 9.61. The Morgan fingerprint density at radius 3 is 2.51 bits per heavy atom. The summed E-state index contributed by atoms with van der Waals surface area (Å²) in [6.45, 7) is 15.0. The predicted octanol–water partition coefficient (Wildman–Crippen LogP) is 7.23. The summed E-state index contributed by atoms with van der Waals surface area (Å²) in [7, 11) is -0.261. The maximum absolute atomic E-state index is 6.53. The van der Waals surface area contributed by atoms with E-state index in [0.29, 0.717) is 28.6 Å². The van der Waals surface area contributed by atoms with Gasteiger partial charge in [-0.25, -0.2) is 4.98 Å². The first-order valence-electron chi connectivity index (χ1n) is 13.5. The van der Waals surface area contributed by atoms with Crippen LogP contribution in [0.15, 0.2) is 36.5 Å². The molecule has 5 rings (SSSR count). The monoisotopic (exact) mass is 535 g/mol. The lowest BCUT2D eigenvalue weighted by Crippen LogP contribution is -2.33. The zero-order valence-electron chi connectivity index (χ0n) is 22.7. The Morgan fingerprint density at radius 2 is 1.78 bits per heavy atom. The molecule has 7 heteroatoms. The molecule has 37 heavy (non-hydrogen) atoms. The molecule has 0 saturated carbocycles. The molecular weight excluding hydrogens is 497 g/mol. The molecule has 196 valence electrons. The molecule has 0 spiro atoms. The summed E-state index contributed by atoms with van der Waals surface area (Å²) < 4.78 is 0. The van der Waals surface area contributed by atoms with E-state index in [1.807, 2.05) is 6.07 Å². The van der Waals surface area contributed by atoms with Crippen LogP contribution in [-0.4, -0.2) is 47.8 Å². The molecule has 1 aliphatic heterocycles. The fourth-order valence-electron chi connectivity index (χ4n) is 6.13. The van der Waals surface area contributed by atoms with Crippen molar-refractivity contribution in [1.82, 2.24) is 14.9 Å². The summed E-state index contributed by atoms with van der Waals surface area (Å²) >= 11 is 6.53. The lowest BCUT2D eigenvalue weighted by atomic mass is 9.82. The number of aryl methyl sites for hydroxylation is 1. The molecular formula is C30H39ClN5P. The minimum Gasteiger partial charge on any atom is -0.338 e. The van der Waals surface area contributed by atoms with E-state index in [0.717, 1.165) is 30.8 Å². The van der Waals surface area contributed by atoms with Gasteiger partial charge in [-0.3, -0.25) is 0 Å². The Labute approximate surface area is 228 Å². The molecule has 1 saturated heterocycles. The van der Waals surface area contributed by atoms with Crippen LogP contribution in [0.4, 0.5) is 23.1 Å². The zero-order chi connectivity index (χ0) is 26.1. The fourth-order valence-corrected chi connectivity index (χ4v) is 7.26. The van der Waals surface area contributed by atoms with Gasteiger partial charge in [-0.15, -0.1) is 0 Å². The van der Waals surface area contributed by atoms with Gasteiger partial charge in [0.25, 0.3) is 0 Å². The van der Waals surface area contributed by atoms with E-state index >= 15 is 0 Å². The topological polar surface area (TPSA) is 53.1 Å². The van der Waals surface area contributed by atoms with Gasteiger partial charge in [0.2, 0.25) is 5.95 Å². The summed E-state index contributed by atoms with van der Waals surface area (Å²) in [5.74, 6) is 2.53. The highest BCUT2D eigenvalue weighted by atomic mass is 35.5. The third kappa shape index (κ3) is 5.65. The molecule has 1 aliphatic carbocycles. The highest BCUT2D eigenvalue weighted by Crippen LogP contribution is 2.43. The molecule has 1 atom stereocenters. The number of piperidine rings is 1. The summed E-state index contributed by atoms with van der Waals surface area (Å²) in [5.41, 5.74) is 8.23. The standard InChI is InChI=1S/C30H39ClN5P/c1-6-36-13-11-21(12-14-36)28-20(3)17-26(22-15-19(2)16-23(22)28)34-30-32-18-24(31)29(35-30)33-25-9-7-8-10-27(25)37(4)5/h7-10,17-19,21H,6,11-16H2,1-5H3,(H2,32,33,34,35). The zero-order valence-corrected chi connectivity index (χ0v) is 24.4. The minimum atomic E-state index is -0.261. The molecule has 0 amide bonds. The molecule has 3 aromatic rings. The van der Waals surface area contributed by atoms with Gasteiger partial charge in [0.1, 0.15) is 5.02 Å². The number of nitrogens with one attached hydrogen (secondary N) is 2. The van der Waals surface area contributed by atoms with Gasteiger partial charge in [-0.1, -0.05) is 51.6 Å². The van der Waals surface area contributed by atoms with Crippen LogP contribution in [0.25, 0.3) is 0 Å². The summed E-state index contributed by atoms with van der Waals surface area (Å²) in [6.07, 6.45) is 6.47. The number of hydrogen-bond donors (Lipinski definition) is 2. The highest BCUT2D eigenvalue weighted by molar-refractivity contribution is 7.64. The normalized spacial score (nSPS) is 18.3. The van der Waals surface area contributed by atoms with Crippen molar-refractivity contribution in [2.45, 2.75) is 52.4 Å². The molecule has 0 bridgehead atoms. The average molecular weight is 536 g/mol. The van der Waals surface area contributed by atoms with Gasteiger partial charge in [0.05, 0.1) is 6.20 Å². The van der Waals surface area contributed by atoms with Crippen LogP contribution in [0.5, 0.6) is 0 Å². The van der Waals surface area contributed by atoms with E-state index < -0.39 is 0 Å². The summed E-state index contributed by atoms with van der Waals surface area (Å²) in [4.78, 5) is 11.9. The number of anilines is 4. The average Bonchev–Trinajstić information content (AvgIpc) is 3.28. The third-order valence-electron chi connectivity index (χ3n) is 7.98. The number of aromatic nitrogens is 2. The first-order chi connectivity index (χ1) is 17.8. The summed E-state index contributed by atoms with van der Waals surface area (Å²) in [6, 6.07) is 10.7. The van der Waals surface area contributed by atoms with Crippen molar-refractivity contribution in [3.8, 4) is 0 Å². The van der Waals surface area contributed by atoms with Crippen molar-refractivity contribution in [2.75, 3.05) is 43.6 Å². The highest BCUT2D eigenvalue weighted by Gasteiger charge is 2.30. The molecule has 2 aliphatic rings. The van der Waals surface area contributed by atoms with Gasteiger partial charge in [0.15, 0.2) is 5.82 Å². The number of likely N-dealkylation sites (tertiary alicyclic amines) is 1. The Kier molecular flexibility index (Phi) is 8.04. The van der Waals surface area contributed by atoms with Crippen molar-refractivity contribution in [3.63, 3.8) is 0 Å². The largest absolute Gasteiger partial charge is 0.338 e. The van der Waals surface area contributed by atoms with Crippen LogP contribution in [0, 0.1) is 12.8 Å². The van der Waals surface area contributed by atoms with E-state index in [4.69, 9.17) is 16.6 Å². The number of rotatable bonds is 7. The van der Waals surface area contributed by atoms with Crippen LogP contribution in [0.1, 0.15) is 54.9 Å². The molecule has 2 N–H and O–H groups in total. The van der Waals surface area contributed by atoms with E-state index in [9.17, 15) is 0 Å². The second-order valence-electron chi connectivity index (χ2n) is 10.9. The number of nitrogens with zero attached hydrogens (tertiary/aromatic N) is 3. The quantitative estimate of drug-likeness (QED) is 0.313. The van der Waals surface area contributed by atoms with Gasteiger partial charge in [-0.2, -0.15) is 4.98 Å². The first kappa shape index (κ1) is 26.4. The molecule has 1 fully saturated rings. The van der Waals surface area contributed by atoms with Gasteiger partial charge in [-0.05, 0) is 117 Å². The van der Waals surface area contributed by atoms with Gasteiger partial charge in [0, 0.05) is 11.4 Å². The van der Waals surface area contributed by atoms with Gasteiger partial charge >= 0.3 is 0 Å². The van der Waals surface area contributed by atoms with Crippen molar-refractivity contribution in [2.24, 2.45) is 5.92 Å². The molecule has 2 aromatic carbocycles. The maximum Gasteiger partial charge on any atom is 0.229 e. The Hall–Kier alpha value is -2.20. The number of fused-ring (bicyclic) bond motifs is 1. The van der Waals surface area contributed by atoms with Crippen LogP contribution >= 0.6 is 19.5 Å². The Balaban J connectivity index is 1.44. The van der Waals surface area contributed by atoms with E-state index in [-0.39, 0.29) is 7.92 Å². The smallest absolute Gasteiger partial charge is 0.229 e. The molecule has 0 radical (unpaired) electrons. The second-order valence-corrected chi connectivity index (χ2v) is 13.6. The van der Waals surface area contributed by atoms with Crippen LogP contribution < -0.4 is 15.9 Å². The van der Waals surface area contributed by atoms with Crippen molar-refractivity contribution in [1.29, 1.82) is 0 Å². The number of benzene rings is 2. The first-order valence-corrected chi connectivity index (χ1v) is 16.2. The maximum atomic E-state index is 6.53. The van der Waals surface area contributed by atoms with Crippen molar-refractivity contribution < 1.29 is 0 Å². The van der Waals surface area contributed by atoms with Crippen molar-refractivity contribution in [3.05, 3.63) is 63.8 Å². The van der Waals surface area contributed by atoms with Crippen LogP contribution in [-0.2, 0) is 12.8 Å². The number of halogens is 1. The van der Waals surface area contributed by atoms with E-state index in [1.54, 1.807) is 17.3 Å². The Bertz CT molecular complexity index is 1270. The van der Waals surface area contributed by atoms with Crippen LogP contribution in [0.3, 0.4) is 0 Å². The molecule has 5 nitrogen and oxygen atoms in total. The van der Waals surface area contributed by atoms with E-state index in [1.165, 1.54) is 42.4 Å². The molecule has 1 unspecified atom stereocenters. The molecule has 1 aromatic heterocycles. The second kappa shape index (κ2) is 11.3. The number of hydrogen-bond acceptors (Lipinski definition) is 5. The molecule has 2 heterocycles. The lowest BCUT2D eigenvalue weighted by Gasteiger charge is -2.33. The minimum absolute atomic E-state index is 0.261. The van der Waals surface area contributed by atoms with E-state index in [2.05, 4.69) is 78.9 Å². The fraction of sp³-hybridized carbons (Fsp3) is 0.467. The number of para-hydroxylation sites is 1. The van der Waals surface area contributed by atoms with Crippen LogP contribution in [0.2, 0.25) is 5.02 Å². The van der Waals surface area contributed by atoms with Gasteiger partial charge < -0.3 is 15.5 Å². The van der Waals surface area contributed by atoms with Crippen molar-refractivity contribution >= 4 is 48.0 Å².